The fourth-order valence-corrected chi connectivity index (χ4v) is 1.97. The van der Waals surface area contributed by atoms with E-state index in [0.717, 1.165) is 16.5 Å². The molecule has 0 aliphatic carbocycles. The second kappa shape index (κ2) is 4.23. The van der Waals surface area contributed by atoms with Crippen molar-refractivity contribution in [1.82, 2.24) is 15.0 Å². The van der Waals surface area contributed by atoms with E-state index in [1.807, 2.05) is 30.3 Å². The van der Waals surface area contributed by atoms with E-state index in [-0.39, 0.29) is 5.28 Å². The summed E-state index contributed by atoms with van der Waals surface area (Å²) in [4.78, 5) is 12.4. The van der Waals surface area contributed by atoms with Crippen LogP contribution in [0.25, 0.3) is 22.2 Å². The van der Waals surface area contributed by atoms with Crippen LogP contribution in [0.3, 0.4) is 0 Å². The van der Waals surface area contributed by atoms with E-state index in [2.05, 4.69) is 15.0 Å². The second-order valence-electron chi connectivity index (χ2n) is 3.82. The van der Waals surface area contributed by atoms with Crippen LogP contribution >= 0.6 is 11.6 Å². The van der Waals surface area contributed by atoms with Crippen molar-refractivity contribution in [2.75, 3.05) is 5.73 Å². The number of rotatable bonds is 1. The molecule has 0 unspecified atom stereocenters. The summed E-state index contributed by atoms with van der Waals surface area (Å²) in [6, 6.07) is 11.5. The van der Waals surface area contributed by atoms with Gasteiger partial charge in [0.1, 0.15) is 5.82 Å². The summed E-state index contributed by atoms with van der Waals surface area (Å²) in [5, 5.41) is 1.21. The lowest BCUT2D eigenvalue weighted by Crippen LogP contribution is -1.97. The molecule has 2 N–H and O–H groups in total. The molecule has 5 heteroatoms. The normalized spacial score (nSPS) is 10.7. The number of halogens is 1. The van der Waals surface area contributed by atoms with Crippen LogP contribution < -0.4 is 5.73 Å². The smallest absolute Gasteiger partial charge is 0.222 e. The van der Waals surface area contributed by atoms with E-state index in [4.69, 9.17) is 17.3 Å². The van der Waals surface area contributed by atoms with Gasteiger partial charge >= 0.3 is 0 Å². The first-order chi connectivity index (χ1) is 8.74. The van der Waals surface area contributed by atoms with Crippen molar-refractivity contribution in [3.05, 3.63) is 47.9 Å². The van der Waals surface area contributed by atoms with Crippen molar-refractivity contribution in [1.29, 1.82) is 0 Å². The van der Waals surface area contributed by atoms with Gasteiger partial charge in [-0.1, -0.05) is 18.2 Å². The molecule has 2 aromatic heterocycles. The SMILES string of the molecule is Nc1nc2ccccc2cc1-c1ccnc(Cl)n1. The molecule has 0 saturated heterocycles. The van der Waals surface area contributed by atoms with Gasteiger partial charge < -0.3 is 5.73 Å². The number of anilines is 1. The number of fused-ring (bicyclic) bond motifs is 1. The zero-order valence-corrected chi connectivity index (χ0v) is 10.1. The van der Waals surface area contributed by atoms with Crippen LogP contribution in [-0.4, -0.2) is 15.0 Å². The average Bonchev–Trinajstić information content (AvgIpc) is 2.38. The highest BCUT2D eigenvalue weighted by Crippen LogP contribution is 2.26. The quantitative estimate of drug-likeness (QED) is 0.680. The Hall–Kier alpha value is -2.20. The second-order valence-corrected chi connectivity index (χ2v) is 4.16. The molecule has 3 rings (SSSR count). The van der Waals surface area contributed by atoms with Crippen molar-refractivity contribution >= 4 is 28.3 Å². The number of nitrogen functional groups attached to an aromatic ring is 1. The molecule has 0 aliphatic rings. The van der Waals surface area contributed by atoms with Crippen molar-refractivity contribution in [3.8, 4) is 11.3 Å². The lowest BCUT2D eigenvalue weighted by Gasteiger charge is -2.06. The van der Waals surface area contributed by atoms with E-state index in [0.29, 0.717) is 11.5 Å². The molecule has 18 heavy (non-hydrogen) atoms. The van der Waals surface area contributed by atoms with Gasteiger partial charge in [-0.05, 0) is 29.8 Å². The fourth-order valence-electron chi connectivity index (χ4n) is 1.82. The Morgan fingerprint density at radius 1 is 1.06 bits per heavy atom. The minimum Gasteiger partial charge on any atom is -0.383 e. The number of pyridine rings is 1. The minimum absolute atomic E-state index is 0.194. The first kappa shape index (κ1) is 10.9. The third-order valence-electron chi connectivity index (χ3n) is 2.66. The van der Waals surface area contributed by atoms with Crippen LogP contribution in [0.5, 0.6) is 0 Å². The molecule has 0 saturated carbocycles. The summed E-state index contributed by atoms with van der Waals surface area (Å²) in [6.07, 6.45) is 1.60. The largest absolute Gasteiger partial charge is 0.383 e. The van der Waals surface area contributed by atoms with Crippen LogP contribution in [-0.2, 0) is 0 Å². The van der Waals surface area contributed by atoms with Crippen molar-refractivity contribution in [3.63, 3.8) is 0 Å². The molecule has 0 spiro atoms. The van der Waals surface area contributed by atoms with Gasteiger partial charge in [-0.3, -0.25) is 0 Å². The van der Waals surface area contributed by atoms with Crippen LogP contribution in [0.4, 0.5) is 5.82 Å². The molecule has 3 aromatic rings. The van der Waals surface area contributed by atoms with Gasteiger partial charge in [0.15, 0.2) is 0 Å². The third-order valence-corrected chi connectivity index (χ3v) is 2.84. The van der Waals surface area contributed by atoms with Gasteiger partial charge in [-0.25, -0.2) is 15.0 Å². The highest BCUT2D eigenvalue weighted by Gasteiger charge is 2.08. The molecular weight excluding hydrogens is 248 g/mol. The molecule has 0 fully saturated rings. The summed E-state index contributed by atoms with van der Waals surface area (Å²) >= 11 is 5.78. The Labute approximate surface area is 108 Å². The maximum absolute atomic E-state index is 5.95. The molecule has 0 aliphatic heterocycles. The minimum atomic E-state index is 0.194. The standard InChI is InChI=1S/C13H9ClN4/c14-13-16-6-5-11(18-13)9-7-8-3-1-2-4-10(8)17-12(9)15/h1-7H,(H2,15,17). The summed E-state index contributed by atoms with van der Waals surface area (Å²) in [5.74, 6) is 0.434. The van der Waals surface area contributed by atoms with Crippen LogP contribution in [0.1, 0.15) is 0 Å². The predicted molar refractivity (Wildman–Crippen MR) is 72.2 cm³/mol. The van der Waals surface area contributed by atoms with Gasteiger partial charge in [0, 0.05) is 17.1 Å². The van der Waals surface area contributed by atoms with Gasteiger partial charge in [0.05, 0.1) is 11.2 Å². The van der Waals surface area contributed by atoms with Crippen LogP contribution in [0, 0.1) is 0 Å². The summed E-state index contributed by atoms with van der Waals surface area (Å²) in [5.41, 5.74) is 8.25. The van der Waals surface area contributed by atoms with Gasteiger partial charge in [0.2, 0.25) is 5.28 Å². The number of para-hydroxylation sites is 1. The van der Waals surface area contributed by atoms with Gasteiger partial charge in [-0.15, -0.1) is 0 Å². The monoisotopic (exact) mass is 256 g/mol. The van der Waals surface area contributed by atoms with Crippen molar-refractivity contribution in [2.24, 2.45) is 0 Å². The predicted octanol–water partition coefficient (Wildman–Crippen LogP) is 2.93. The fraction of sp³-hybridized carbons (Fsp3) is 0. The highest BCUT2D eigenvalue weighted by molar-refractivity contribution is 6.28. The molecule has 0 atom stereocenters. The van der Waals surface area contributed by atoms with E-state index in [1.165, 1.54) is 0 Å². The van der Waals surface area contributed by atoms with Crippen LogP contribution in [0.15, 0.2) is 42.6 Å². The number of nitrogens with two attached hydrogens (primary N) is 1. The van der Waals surface area contributed by atoms with E-state index < -0.39 is 0 Å². The number of hydrogen-bond acceptors (Lipinski definition) is 4. The Morgan fingerprint density at radius 3 is 2.72 bits per heavy atom. The van der Waals surface area contributed by atoms with E-state index >= 15 is 0 Å². The number of nitrogens with zero attached hydrogens (tertiary/aromatic N) is 3. The summed E-state index contributed by atoms with van der Waals surface area (Å²) in [7, 11) is 0. The maximum atomic E-state index is 5.95. The summed E-state index contributed by atoms with van der Waals surface area (Å²) in [6.45, 7) is 0. The third kappa shape index (κ3) is 1.87. The topological polar surface area (TPSA) is 64.7 Å². The van der Waals surface area contributed by atoms with E-state index in [1.54, 1.807) is 12.3 Å². The maximum Gasteiger partial charge on any atom is 0.222 e. The number of aromatic nitrogens is 3. The zero-order chi connectivity index (χ0) is 12.5. The van der Waals surface area contributed by atoms with Crippen molar-refractivity contribution < 1.29 is 0 Å². The van der Waals surface area contributed by atoms with E-state index in [9.17, 15) is 0 Å². The highest BCUT2D eigenvalue weighted by atomic mass is 35.5. The Morgan fingerprint density at radius 2 is 1.89 bits per heavy atom. The summed E-state index contributed by atoms with van der Waals surface area (Å²) < 4.78 is 0. The molecule has 1 aromatic carbocycles. The average molecular weight is 257 g/mol. The first-order valence-electron chi connectivity index (χ1n) is 5.38. The molecule has 0 radical (unpaired) electrons. The lowest BCUT2D eigenvalue weighted by atomic mass is 10.1. The zero-order valence-electron chi connectivity index (χ0n) is 9.34. The Kier molecular flexibility index (Phi) is 2.57. The molecular formula is C13H9ClN4. The number of hydrogen-bond donors (Lipinski definition) is 1. The van der Waals surface area contributed by atoms with Gasteiger partial charge in [-0.2, -0.15) is 0 Å². The molecule has 2 heterocycles. The molecule has 0 bridgehead atoms. The van der Waals surface area contributed by atoms with Crippen molar-refractivity contribution in [2.45, 2.75) is 0 Å². The molecule has 4 nitrogen and oxygen atoms in total. The van der Waals surface area contributed by atoms with Gasteiger partial charge in [0.25, 0.3) is 0 Å². The number of benzene rings is 1. The Balaban J connectivity index is 2.26. The lowest BCUT2D eigenvalue weighted by molar-refractivity contribution is 1.17. The molecule has 88 valence electrons. The Bertz CT molecular complexity index is 727. The first-order valence-corrected chi connectivity index (χ1v) is 5.76. The molecule has 0 amide bonds. The van der Waals surface area contributed by atoms with Crippen LogP contribution in [0.2, 0.25) is 5.28 Å².